The molecular formula is C17H18N4O3. The summed E-state index contributed by atoms with van der Waals surface area (Å²) in [6.45, 7) is 5.85. The lowest BCUT2D eigenvalue weighted by Crippen LogP contribution is -2.18. The Bertz CT molecular complexity index is 937. The van der Waals surface area contributed by atoms with Gasteiger partial charge in [-0.1, -0.05) is 12.1 Å². The summed E-state index contributed by atoms with van der Waals surface area (Å²) in [4.78, 5) is 24.2. The number of carbonyl (C=O) groups excluding carboxylic acids is 2. The maximum absolute atomic E-state index is 12.5. The molecule has 7 nitrogen and oxygen atoms in total. The van der Waals surface area contributed by atoms with Crippen molar-refractivity contribution in [2.75, 3.05) is 5.32 Å². The number of aromatic nitrogens is 2. The van der Waals surface area contributed by atoms with Crippen molar-refractivity contribution in [2.24, 2.45) is 5.73 Å². The van der Waals surface area contributed by atoms with E-state index in [2.05, 4.69) is 10.4 Å². The summed E-state index contributed by atoms with van der Waals surface area (Å²) in [6.07, 6.45) is 0. The summed E-state index contributed by atoms with van der Waals surface area (Å²) in [7, 11) is 0. The van der Waals surface area contributed by atoms with Crippen LogP contribution in [0.5, 0.6) is 0 Å². The second-order valence-electron chi connectivity index (χ2n) is 5.83. The Balaban J connectivity index is 2.00. The summed E-state index contributed by atoms with van der Waals surface area (Å²) in [5.41, 5.74) is 7.24. The molecule has 124 valence electrons. The average Bonchev–Trinajstić information content (AvgIpc) is 3.09. The quantitative estimate of drug-likeness (QED) is 0.769. The molecule has 1 aromatic carbocycles. The molecule has 0 atom stereocenters. The molecule has 3 aromatic rings. The third-order valence-electron chi connectivity index (χ3n) is 3.70. The molecule has 0 saturated heterocycles. The van der Waals surface area contributed by atoms with Crippen LogP contribution in [0, 0.1) is 6.92 Å². The molecular weight excluding hydrogens is 308 g/mol. The van der Waals surface area contributed by atoms with E-state index in [1.165, 1.54) is 0 Å². The van der Waals surface area contributed by atoms with Gasteiger partial charge in [-0.25, -0.2) is 0 Å². The number of rotatable bonds is 4. The summed E-state index contributed by atoms with van der Waals surface area (Å²) in [5.74, 6) is -1.25. The maximum atomic E-state index is 12.5. The molecule has 2 aromatic heterocycles. The number of amides is 2. The van der Waals surface area contributed by atoms with E-state index in [1.54, 1.807) is 35.0 Å². The number of hydrogen-bond acceptors (Lipinski definition) is 4. The fourth-order valence-electron chi connectivity index (χ4n) is 2.64. The molecule has 7 heteroatoms. The molecule has 3 N–H and O–H groups in total. The Hall–Kier alpha value is -3.09. The van der Waals surface area contributed by atoms with Crippen molar-refractivity contribution < 1.29 is 14.0 Å². The van der Waals surface area contributed by atoms with Crippen LogP contribution in [0.1, 0.15) is 46.6 Å². The number of nitrogens with one attached hydrogen (secondary N) is 1. The van der Waals surface area contributed by atoms with Gasteiger partial charge in [0, 0.05) is 17.1 Å². The zero-order valence-corrected chi connectivity index (χ0v) is 13.7. The van der Waals surface area contributed by atoms with Crippen molar-refractivity contribution in [3.05, 3.63) is 47.5 Å². The first-order chi connectivity index (χ1) is 11.4. The number of para-hydroxylation sites is 1. The summed E-state index contributed by atoms with van der Waals surface area (Å²) in [6, 6.07) is 8.85. The molecule has 2 amide bonds. The van der Waals surface area contributed by atoms with Crippen molar-refractivity contribution in [1.82, 2.24) is 9.78 Å². The Labute approximate surface area is 138 Å². The van der Waals surface area contributed by atoms with Crippen LogP contribution in [0.2, 0.25) is 0 Å². The van der Waals surface area contributed by atoms with E-state index in [0.717, 1.165) is 5.69 Å². The summed E-state index contributed by atoms with van der Waals surface area (Å²) < 4.78 is 7.21. The second-order valence-corrected chi connectivity index (χ2v) is 5.83. The smallest absolute Gasteiger partial charge is 0.286 e. The van der Waals surface area contributed by atoms with E-state index in [1.807, 2.05) is 20.8 Å². The number of aryl methyl sites for hydroxylation is 1. The van der Waals surface area contributed by atoms with Gasteiger partial charge in [-0.15, -0.1) is 0 Å². The van der Waals surface area contributed by atoms with Gasteiger partial charge >= 0.3 is 0 Å². The lowest BCUT2D eigenvalue weighted by molar-refractivity contribution is 0.0977. The molecule has 0 unspecified atom stereocenters. The van der Waals surface area contributed by atoms with Crippen LogP contribution in [-0.4, -0.2) is 21.6 Å². The highest BCUT2D eigenvalue weighted by Crippen LogP contribution is 2.30. The highest BCUT2D eigenvalue weighted by Gasteiger charge is 2.22. The number of nitrogens with zero attached hydrogens (tertiary/aromatic N) is 2. The number of furan rings is 1. The van der Waals surface area contributed by atoms with Crippen molar-refractivity contribution in [1.29, 1.82) is 0 Å². The number of fused-ring (bicyclic) bond motifs is 1. The first kappa shape index (κ1) is 15.8. The Morgan fingerprint density at radius 1 is 1.29 bits per heavy atom. The first-order valence-corrected chi connectivity index (χ1v) is 7.57. The number of primary amides is 1. The van der Waals surface area contributed by atoms with E-state index in [9.17, 15) is 9.59 Å². The molecule has 0 radical (unpaired) electrons. The van der Waals surface area contributed by atoms with Crippen LogP contribution in [0.25, 0.3) is 11.0 Å². The predicted molar refractivity (Wildman–Crippen MR) is 90.0 cm³/mol. The Morgan fingerprint density at radius 3 is 2.62 bits per heavy atom. The van der Waals surface area contributed by atoms with Crippen LogP contribution in [0.3, 0.4) is 0 Å². The number of carbonyl (C=O) groups is 2. The largest absolute Gasteiger partial charge is 0.449 e. The summed E-state index contributed by atoms with van der Waals surface area (Å²) in [5, 5.41) is 7.61. The van der Waals surface area contributed by atoms with E-state index in [-0.39, 0.29) is 23.2 Å². The SMILES string of the molecule is Cc1cc(C(=O)Nc2c(C(N)=O)oc3ccccc23)nn1C(C)C. The van der Waals surface area contributed by atoms with Crippen LogP contribution in [-0.2, 0) is 0 Å². The van der Waals surface area contributed by atoms with Gasteiger partial charge in [-0.05, 0) is 39.0 Å². The van der Waals surface area contributed by atoms with E-state index in [4.69, 9.17) is 10.2 Å². The van der Waals surface area contributed by atoms with Crippen LogP contribution >= 0.6 is 0 Å². The number of benzene rings is 1. The minimum absolute atomic E-state index is 0.0791. The van der Waals surface area contributed by atoms with E-state index < -0.39 is 11.8 Å². The van der Waals surface area contributed by atoms with Crippen molar-refractivity contribution >= 4 is 28.5 Å². The van der Waals surface area contributed by atoms with Crippen LogP contribution in [0.15, 0.2) is 34.7 Å². The van der Waals surface area contributed by atoms with Gasteiger partial charge in [-0.3, -0.25) is 14.3 Å². The monoisotopic (exact) mass is 326 g/mol. The number of nitrogens with two attached hydrogens (primary N) is 1. The van der Waals surface area contributed by atoms with Gasteiger partial charge in [0.15, 0.2) is 5.69 Å². The zero-order valence-electron chi connectivity index (χ0n) is 13.7. The molecule has 0 saturated carbocycles. The second kappa shape index (κ2) is 5.84. The third kappa shape index (κ3) is 2.64. The van der Waals surface area contributed by atoms with Crippen molar-refractivity contribution in [3.8, 4) is 0 Å². The van der Waals surface area contributed by atoms with E-state index >= 15 is 0 Å². The van der Waals surface area contributed by atoms with Crippen molar-refractivity contribution in [2.45, 2.75) is 26.8 Å². The van der Waals surface area contributed by atoms with Gasteiger partial charge in [0.2, 0.25) is 5.76 Å². The molecule has 0 bridgehead atoms. The highest BCUT2D eigenvalue weighted by molar-refractivity contribution is 6.13. The third-order valence-corrected chi connectivity index (χ3v) is 3.70. The molecule has 2 heterocycles. The fourth-order valence-corrected chi connectivity index (χ4v) is 2.64. The molecule has 0 aliphatic heterocycles. The molecule has 0 fully saturated rings. The summed E-state index contributed by atoms with van der Waals surface area (Å²) >= 11 is 0. The standard InChI is InChI=1S/C17H18N4O3/c1-9(2)21-10(3)8-12(20-21)17(23)19-14-11-6-4-5-7-13(11)24-15(14)16(18)22/h4-9H,1-3H3,(H2,18,22)(H,19,23). The Morgan fingerprint density at radius 2 is 2.00 bits per heavy atom. The maximum Gasteiger partial charge on any atom is 0.286 e. The molecule has 24 heavy (non-hydrogen) atoms. The molecule has 0 aliphatic rings. The average molecular weight is 326 g/mol. The predicted octanol–water partition coefficient (Wildman–Crippen LogP) is 2.87. The van der Waals surface area contributed by atoms with Gasteiger partial charge in [0.05, 0.1) is 0 Å². The zero-order chi connectivity index (χ0) is 17.4. The highest BCUT2D eigenvalue weighted by atomic mass is 16.3. The van der Waals surface area contributed by atoms with E-state index in [0.29, 0.717) is 11.0 Å². The van der Waals surface area contributed by atoms with Gasteiger partial charge in [-0.2, -0.15) is 5.10 Å². The van der Waals surface area contributed by atoms with Gasteiger partial charge in [0.25, 0.3) is 11.8 Å². The molecule has 3 rings (SSSR count). The Kier molecular flexibility index (Phi) is 3.84. The molecule has 0 spiro atoms. The fraction of sp³-hybridized carbons (Fsp3) is 0.235. The molecule has 0 aliphatic carbocycles. The van der Waals surface area contributed by atoms with Crippen LogP contribution in [0.4, 0.5) is 5.69 Å². The number of anilines is 1. The van der Waals surface area contributed by atoms with Gasteiger partial charge in [0.1, 0.15) is 11.3 Å². The lowest BCUT2D eigenvalue weighted by atomic mass is 10.2. The minimum atomic E-state index is -0.745. The topological polar surface area (TPSA) is 103 Å². The van der Waals surface area contributed by atoms with Gasteiger partial charge < -0.3 is 15.5 Å². The van der Waals surface area contributed by atoms with Crippen LogP contribution < -0.4 is 11.1 Å². The normalized spacial score (nSPS) is 11.2. The first-order valence-electron chi connectivity index (χ1n) is 7.57. The number of hydrogen-bond donors (Lipinski definition) is 2. The lowest BCUT2D eigenvalue weighted by Gasteiger charge is -2.07. The minimum Gasteiger partial charge on any atom is -0.449 e. The van der Waals surface area contributed by atoms with Crippen molar-refractivity contribution in [3.63, 3.8) is 0 Å².